The molecule has 0 unspecified atom stereocenters. The summed E-state index contributed by atoms with van der Waals surface area (Å²) in [5.74, 6) is 0. The van der Waals surface area contributed by atoms with Crippen LogP contribution in [0.2, 0.25) is 0 Å². The maximum Gasteiger partial charge on any atom is -0.00884 e. The molecule has 78 valence electrons. The largest absolute Gasteiger partial charge is 0.0801 e. The van der Waals surface area contributed by atoms with Crippen molar-refractivity contribution in [2.24, 2.45) is 0 Å². The minimum atomic E-state index is 0. The van der Waals surface area contributed by atoms with Crippen LogP contribution in [0.15, 0.2) is 54.6 Å². The zero-order chi connectivity index (χ0) is 9.80. The third-order valence-electron chi connectivity index (χ3n) is 2.42. The molecule has 0 radical (unpaired) electrons. The van der Waals surface area contributed by atoms with Gasteiger partial charge in [0, 0.05) is 0 Å². The van der Waals surface area contributed by atoms with Crippen LogP contribution in [0.1, 0.15) is 25.0 Å². The standard InChI is InChI=1S/C14H14.CH4/c1-12-8-10-14(11-9-12)13-6-4-2-3-5-7-13;/h2-6,8-11H,7H2,1H3;1H4. The molecule has 0 nitrogen and oxygen atoms in total. The van der Waals surface area contributed by atoms with E-state index in [2.05, 4.69) is 61.6 Å². The number of benzene rings is 1. The van der Waals surface area contributed by atoms with Crippen LogP contribution in [0.3, 0.4) is 0 Å². The Morgan fingerprint density at radius 3 is 2.40 bits per heavy atom. The molecule has 0 spiro atoms. The van der Waals surface area contributed by atoms with Crippen molar-refractivity contribution in [1.29, 1.82) is 0 Å². The van der Waals surface area contributed by atoms with Crippen LogP contribution >= 0.6 is 0 Å². The van der Waals surface area contributed by atoms with Gasteiger partial charge in [0.1, 0.15) is 0 Å². The zero-order valence-corrected chi connectivity index (χ0v) is 8.40. The molecule has 0 fully saturated rings. The molecule has 0 heteroatoms. The fourth-order valence-electron chi connectivity index (χ4n) is 1.56. The van der Waals surface area contributed by atoms with Gasteiger partial charge in [-0.1, -0.05) is 67.6 Å². The van der Waals surface area contributed by atoms with Crippen molar-refractivity contribution in [3.05, 3.63) is 65.8 Å². The molecule has 1 aliphatic rings. The SMILES string of the molecule is C.Cc1ccc(C2=CC=CC=CC2)cc1. The predicted octanol–water partition coefficient (Wildman–Crippen LogP) is 4.53. The second-order valence-electron chi connectivity index (χ2n) is 3.58. The molecule has 1 aromatic carbocycles. The van der Waals surface area contributed by atoms with E-state index in [9.17, 15) is 0 Å². The van der Waals surface area contributed by atoms with Crippen molar-refractivity contribution in [3.8, 4) is 0 Å². The third-order valence-corrected chi connectivity index (χ3v) is 2.42. The Hall–Kier alpha value is -1.56. The average Bonchev–Trinajstić information content (AvgIpc) is 2.47. The fourth-order valence-corrected chi connectivity index (χ4v) is 1.56. The van der Waals surface area contributed by atoms with Gasteiger partial charge in [-0.3, -0.25) is 0 Å². The van der Waals surface area contributed by atoms with E-state index >= 15 is 0 Å². The highest BCUT2D eigenvalue weighted by Crippen LogP contribution is 2.20. The van der Waals surface area contributed by atoms with Crippen LogP contribution in [-0.2, 0) is 0 Å². The van der Waals surface area contributed by atoms with Crippen molar-refractivity contribution >= 4 is 5.57 Å². The van der Waals surface area contributed by atoms with Gasteiger partial charge < -0.3 is 0 Å². The second-order valence-corrected chi connectivity index (χ2v) is 3.58. The van der Waals surface area contributed by atoms with Gasteiger partial charge in [0.15, 0.2) is 0 Å². The summed E-state index contributed by atoms with van der Waals surface area (Å²) in [7, 11) is 0. The number of hydrogen-bond acceptors (Lipinski definition) is 0. The minimum absolute atomic E-state index is 0. The van der Waals surface area contributed by atoms with E-state index in [1.165, 1.54) is 16.7 Å². The lowest BCUT2D eigenvalue weighted by Crippen LogP contribution is -1.82. The molecular weight excluding hydrogens is 180 g/mol. The molecule has 1 aliphatic carbocycles. The summed E-state index contributed by atoms with van der Waals surface area (Å²) in [6.45, 7) is 2.12. The van der Waals surface area contributed by atoms with E-state index in [4.69, 9.17) is 0 Å². The molecule has 0 aromatic heterocycles. The van der Waals surface area contributed by atoms with Crippen molar-refractivity contribution in [2.45, 2.75) is 20.8 Å². The topological polar surface area (TPSA) is 0 Å². The van der Waals surface area contributed by atoms with Gasteiger partial charge in [-0.2, -0.15) is 0 Å². The van der Waals surface area contributed by atoms with Gasteiger partial charge in [0.2, 0.25) is 0 Å². The lowest BCUT2D eigenvalue weighted by molar-refractivity contribution is 1.38. The summed E-state index contributed by atoms with van der Waals surface area (Å²) in [4.78, 5) is 0. The highest BCUT2D eigenvalue weighted by Gasteiger charge is 1.99. The predicted molar refractivity (Wildman–Crippen MR) is 68.8 cm³/mol. The molecule has 2 rings (SSSR count). The Morgan fingerprint density at radius 1 is 0.933 bits per heavy atom. The Labute approximate surface area is 92.6 Å². The lowest BCUT2D eigenvalue weighted by Gasteiger charge is -2.04. The first-order valence-corrected chi connectivity index (χ1v) is 4.96. The summed E-state index contributed by atoms with van der Waals surface area (Å²) < 4.78 is 0. The average molecular weight is 198 g/mol. The van der Waals surface area contributed by atoms with Crippen LogP contribution < -0.4 is 0 Å². The summed E-state index contributed by atoms with van der Waals surface area (Å²) in [6, 6.07) is 8.70. The summed E-state index contributed by atoms with van der Waals surface area (Å²) >= 11 is 0. The van der Waals surface area contributed by atoms with Crippen LogP contribution in [0.5, 0.6) is 0 Å². The van der Waals surface area contributed by atoms with Gasteiger partial charge in [-0.05, 0) is 24.5 Å². The van der Waals surface area contributed by atoms with E-state index in [1.54, 1.807) is 0 Å². The van der Waals surface area contributed by atoms with Crippen molar-refractivity contribution in [3.63, 3.8) is 0 Å². The lowest BCUT2D eigenvalue weighted by atomic mass is 10.0. The Kier molecular flexibility index (Phi) is 4.11. The molecule has 1 aromatic rings. The summed E-state index contributed by atoms with van der Waals surface area (Å²) in [5.41, 5.74) is 4.02. The highest BCUT2D eigenvalue weighted by molar-refractivity contribution is 5.69. The first-order valence-electron chi connectivity index (χ1n) is 4.96. The Bertz CT molecular complexity index is 389. The molecule has 0 bridgehead atoms. The summed E-state index contributed by atoms with van der Waals surface area (Å²) in [6.07, 6.45) is 11.7. The van der Waals surface area contributed by atoms with E-state index in [1.807, 2.05) is 0 Å². The monoisotopic (exact) mass is 198 g/mol. The normalized spacial score (nSPS) is 14.1. The van der Waals surface area contributed by atoms with E-state index in [0.717, 1.165) is 6.42 Å². The highest BCUT2D eigenvalue weighted by atomic mass is 14.0. The number of allylic oxidation sites excluding steroid dienone is 6. The van der Waals surface area contributed by atoms with Crippen LogP contribution in [0.25, 0.3) is 5.57 Å². The van der Waals surface area contributed by atoms with E-state index in [0.29, 0.717) is 0 Å². The maximum absolute atomic E-state index is 2.19. The molecule has 0 saturated heterocycles. The van der Waals surface area contributed by atoms with Crippen molar-refractivity contribution in [2.75, 3.05) is 0 Å². The first kappa shape index (κ1) is 11.5. The van der Waals surface area contributed by atoms with Gasteiger partial charge in [-0.25, -0.2) is 0 Å². The fraction of sp³-hybridized carbons (Fsp3) is 0.200. The molecule has 0 saturated carbocycles. The molecule has 0 atom stereocenters. The van der Waals surface area contributed by atoms with E-state index < -0.39 is 0 Å². The molecule has 15 heavy (non-hydrogen) atoms. The van der Waals surface area contributed by atoms with Crippen LogP contribution in [0.4, 0.5) is 0 Å². The van der Waals surface area contributed by atoms with Gasteiger partial charge in [0.05, 0.1) is 0 Å². The molecule has 0 aliphatic heterocycles. The zero-order valence-electron chi connectivity index (χ0n) is 8.40. The first-order chi connectivity index (χ1) is 6.86. The third kappa shape index (κ3) is 2.95. The van der Waals surface area contributed by atoms with Gasteiger partial charge in [-0.15, -0.1) is 0 Å². The molecular formula is C15H18. The number of hydrogen-bond donors (Lipinski definition) is 0. The molecule has 0 amide bonds. The molecule has 0 heterocycles. The number of aryl methyl sites for hydroxylation is 1. The molecule has 0 N–H and O–H groups in total. The Balaban J connectivity index is 0.00000112. The van der Waals surface area contributed by atoms with E-state index in [-0.39, 0.29) is 7.43 Å². The van der Waals surface area contributed by atoms with Gasteiger partial charge in [0.25, 0.3) is 0 Å². The second kappa shape index (κ2) is 5.35. The smallest absolute Gasteiger partial charge is 0.00884 e. The van der Waals surface area contributed by atoms with Crippen LogP contribution in [-0.4, -0.2) is 0 Å². The maximum atomic E-state index is 2.19. The Morgan fingerprint density at radius 2 is 1.67 bits per heavy atom. The van der Waals surface area contributed by atoms with Crippen molar-refractivity contribution < 1.29 is 0 Å². The summed E-state index contributed by atoms with van der Waals surface area (Å²) in [5, 5.41) is 0. The number of rotatable bonds is 1. The van der Waals surface area contributed by atoms with Gasteiger partial charge >= 0.3 is 0 Å². The minimum Gasteiger partial charge on any atom is -0.0801 e. The quantitative estimate of drug-likeness (QED) is 0.622. The van der Waals surface area contributed by atoms with Crippen molar-refractivity contribution in [1.82, 2.24) is 0 Å². The van der Waals surface area contributed by atoms with Crippen LogP contribution in [0, 0.1) is 6.92 Å².